The van der Waals surface area contributed by atoms with Gasteiger partial charge in [0.05, 0.1) is 12.2 Å². The van der Waals surface area contributed by atoms with Gasteiger partial charge in [-0.15, -0.1) is 11.8 Å². The van der Waals surface area contributed by atoms with Crippen LogP contribution < -0.4 is 0 Å². The lowest BCUT2D eigenvalue weighted by molar-refractivity contribution is -0.132. The Morgan fingerprint density at radius 1 is 1.38 bits per heavy atom. The Bertz CT molecular complexity index is 198. The summed E-state index contributed by atoms with van der Waals surface area (Å²) in [6.07, 6.45) is -0.0519. The van der Waals surface area contributed by atoms with Crippen LogP contribution in [0.25, 0.3) is 0 Å². The highest BCUT2D eigenvalue weighted by molar-refractivity contribution is 8.05. The lowest BCUT2D eigenvalue weighted by Gasteiger charge is -2.09. The molecule has 0 fully saturated rings. The molecule has 1 radical (unpaired) electrons. The van der Waals surface area contributed by atoms with Crippen LogP contribution in [0.2, 0.25) is 0 Å². The normalized spacial score (nSPS) is 16.8. The molecule has 0 bridgehead atoms. The van der Waals surface area contributed by atoms with Crippen molar-refractivity contribution in [3.63, 3.8) is 0 Å². The number of carboxylic acids is 1. The molecule has 0 aromatic heterocycles. The maximum Gasteiger partial charge on any atom is 0.318 e. The van der Waals surface area contributed by atoms with E-state index in [2.05, 4.69) is 0 Å². The molecule has 3 N–H and O–H groups in total. The molecule has 0 spiro atoms. The van der Waals surface area contributed by atoms with Gasteiger partial charge in [0.15, 0.2) is 0 Å². The maximum atomic E-state index is 10.2. The highest BCUT2D eigenvalue weighted by Gasteiger charge is 2.09. The molecule has 2 unspecified atom stereocenters. The van der Waals surface area contributed by atoms with E-state index in [-0.39, 0.29) is 0 Å². The molecule has 5 heteroatoms. The number of carboxylic acid groups (broad SMARTS) is 1. The van der Waals surface area contributed by atoms with Gasteiger partial charge in [0, 0.05) is 4.91 Å². The highest BCUT2D eigenvalue weighted by Crippen LogP contribution is 2.22. The second-order valence-electron chi connectivity index (χ2n) is 2.56. The van der Waals surface area contributed by atoms with E-state index in [1.807, 2.05) is 0 Å². The summed E-state index contributed by atoms with van der Waals surface area (Å²) in [5.74, 6) is -0.108. The van der Waals surface area contributed by atoms with Crippen LogP contribution >= 0.6 is 11.8 Å². The zero-order chi connectivity index (χ0) is 10.4. The van der Waals surface area contributed by atoms with E-state index in [0.717, 1.165) is 17.5 Å². The van der Waals surface area contributed by atoms with Gasteiger partial charge >= 0.3 is 5.97 Å². The summed E-state index contributed by atoms with van der Waals surface area (Å²) in [5.41, 5.74) is 0. The number of thioether (sulfide) groups is 1. The topological polar surface area (TPSA) is 77.8 Å². The van der Waals surface area contributed by atoms with Gasteiger partial charge in [-0.1, -0.05) is 0 Å². The van der Waals surface area contributed by atoms with Crippen LogP contribution in [0.3, 0.4) is 0 Å². The van der Waals surface area contributed by atoms with Gasteiger partial charge in [0.1, 0.15) is 5.75 Å². The number of rotatable bonds is 5. The Morgan fingerprint density at radius 2 is 1.92 bits per heavy atom. The first-order valence-corrected chi connectivity index (χ1v) is 4.62. The Kier molecular flexibility index (Phi) is 5.77. The average Bonchev–Trinajstić information content (AvgIpc) is 1.96. The van der Waals surface area contributed by atoms with Crippen LogP contribution in [0, 0.1) is 5.75 Å². The SMILES string of the molecule is CC(O)/C=C(/S[CH]C(=O)O)C(C)O. The molecule has 0 amide bonds. The van der Waals surface area contributed by atoms with E-state index in [4.69, 9.17) is 15.3 Å². The molecule has 0 aliphatic rings. The van der Waals surface area contributed by atoms with Crippen molar-refractivity contribution in [3.05, 3.63) is 16.7 Å². The summed E-state index contributed by atoms with van der Waals surface area (Å²) in [6, 6.07) is 0. The molecule has 75 valence electrons. The summed E-state index contributed by atoms with van der Waals surface area (Å²) in [6.45, 7) is 3.04. The zero-order valence-electron chi connectivity index (χ0n) is 7.47. The number of carbonyl (C=O) groups is 1. The monoisotopic (exact) mass is 205 g/mol. The standard InChI is InChI=1S/C8H13O4S/c1-5(9)3-7(6(2)10)13-4-8(11)12/h3-6,9-10H,1-2H3,(H,11,12)/b7-3+. The Hall–Kier alpha value is -0.520. The lowest BCUT2D eigenvalue weighted by Crippen LogP contribution is -2.06. The predicted octanol–water partition coefficient (Wildman–Crippen LogP) is 0.611. The van der Waals surface area contributed by atoms with Gasteiger partial charge in [0.2, 0.25) is 0 Å². The van der Waals surface area contributed by atoms with Crippen molar-refractivity contribution >= 4 is 17.7 Å². The van der Waals surface area contributed by atoms with Crippen LogP contribution in [0.1, 0.15) is 13.8 Å². The van der Waals surface area contributed by atoms with Crippen LogP contribution in [-0.4, -0.2) is 33.5 Å². The van der Waals surface area contributed by atoms with E-state index in [1.54, 1.807) is 0 Å². The minimum atomic E-state index is -1.07. The summed E-state index contributed by atoms with van der Waals surface area (Å²) < 4.78 is 0. The molecule has 0 saturated heterocycles. The first-order chi connectivity index (χ1) is 5.93. The Morgan fingerprint density at radius 3 is 2.23 bits per heavy atom. The molecule has 0 rings (SSSR count). The van der Waals surface area contributed by atoms with E-state index in [9.17, 15) is 4.79 Å². The minimum Gasteiger partial charge on any atom is -0.480 e. The molecule has 13 heavy (non-hydrogen) atoms. The Balaban J connectivity index is 4.19. The van der Waals surface area contributed by atoms with Crippen LogP contribution in [0.15, 0.2) is 11.0 Å². The van der Waals surface area contributed by atoms with Crippen molar-refractivity contribution in [1.82, 2.24) is 0 Å². The molecular weight excluding hydrogens is 192 g/mol. The molecule has 0 aliphatic carbocycles. The third-order valence-corrected chi connectivity index (χ3v) is 2.18. The zero-order valence-corrected chi connectivity index (χ0v) is 8.28. The van der Waals surface area contributed by atoms with Crippen LogP contribution in [0.4, 0.5) is 0 Å². The van der Waals surface area contributed by atoms with Gasteiger partial charge < -0.3 is 15.3 Å². The number of aliphatic carboxylic acids is 1. The maximum absolute atomic E-state index is 10.2. The molecule has 0 aromatic carbocycles. The molecular formula is C8H13O4S. The number of hydrogen-bond donors (Lipinski definition) is 3. The predicted molar refractivity (Wildman–Crippen MR) is 51.0 cm³/mol. The third kappa shape index (κ3) is 6.62. The highest BCUT2D eigenvalue weighted by atomic mass is 32.2. The number of hydrogen-bond acceptors (Lipinski definition) is 4. The van der Waals surface area contributed by atoms with Crippen molar-refractivity contribution in [2.75, 3.05) is 0 Å². The first-order valence-electron chi connectivity index (χ1n) is 3.74. The third-order valence-electron chi connectivity index (χ3n) is 1.11. The molecule has 4 nitrogen and oxygen atoms in total. The minimum absolute atomic E-state index is 0.428. The second kappa shape index (κ2) is 6.01. The first kappa shape index (κ1) is 12.5. The van der Waals surface area contributed by atoms with E-state index in [1.165, 1.54) is 19.9 Å². The van der Waals surface area contributed by atoms with E-state index >= 15 is 0 Å². The Labute approximate surface area is 81.3 Å². The van der Waals surface area contributed by atoms with E-state index in [0.29, 0.717) is 4.91 Å². The molecule has 0 aliphatic heterocycles. The van der Waals surface area contributed by atoms with Gasteiger partial charge in [-0.25, -0.2) is 0 Å². The fraction of sp³-hybridized carbons (Fsp3) is 0.500. The number of aliphatic hydroxyl groups is 2. The van der Waals surface area contributed by atoms with Crippen molar-refractivity contribution in [2.24, 2.45) is 0 Å². The molecule has 2 atom stereocenters. The van der Waals surface area contributed by atoms with E-state index < -0.39 is 18.2 Å². The fourth-order valence-corrected chi connectivity index (χ4v) is 1.34. The van der Waals surface area contributed by atoms with Crippen LogP contribution in [0.5, 0.6) is 0 Å². The van der Waals surface area contributed by atoms with Gasteiger partial charge in [-0.3, -0.25) is 4.79 Å². The van der Waals surface area contributed by atoms with Gasteiger partial charge in [-0.2, -0.15) is 0 Å². The fourth-order valence-electron chi connectivity index (χ4n) is 0.633. The lowest BCUT2D eigenvalue weighted by atomic mass is 10.3. The smallest absolute Gasteiger partial charge is 0.318 e. The average molecular weight is 205 g/mol. The summed E-state index contributed by atoms with van der Waals surface area (Å²) >= 11 is 0.893. The molecule has 0 heterocycles. The second-order valence-corrected chi connectivity index (χ2v) is 3.50. The van der Waals surface area contributed by atoms with Crippen molar-refractivity contribution < 1.29 is 20.1 Å². The van der Waals surface area contributed by atoms with Crippen molar-refractivity contribution in [3.8, 4) is 0 Å². The van der Waals surface area contributed by atoms with Gasteiger partial charge in [0.25, 0.3) is 0 Å². The van der Waals surface area contributed by atoms with Crippen molar-refractivity contribution in [2.45, 2.75) is 26.1 Å². The quantitative estimate of drug-likeness (QED) is 0.613. The summed E-state index contributed by atoms with van der Waals surface area (Å²) in [7, 11) is 0. The molecule has 0 aromatic rings. The summed E-state index contributed by atoms with van der Waals surface area (Å²) in [5, 5.41) is 26.5. The summed E-state index contributed by atoms with van der Waals surface area (Å²) in [4.78, 5) is 10.6. The van der Waals surface area contributed by atoms with Gasteiger partial charge in [-0.05, 0) is 19.9 Å². The largest absolute Gasteiger partial charge is 0.480 e. The number of aliphatic hydroxyl groups excluding tert-OH is 2. The van der Waals surface area contributed by atoms with Crippen LogP contribution in [-0.2, 0) is 4.79 Å². The molecule has 0 saturated carbocycles. The van der Waals surface area contributed by atoms with Crippen molar-refractivity contribution in [1.29, 1.82) is 0 Å².